The van der Waals surface area contributed by atoms with Crippen LogP contribution < -0.4 is 21.1 Å². The molecule has 0 saturated carbocycles. The monoisotopic (exact) mass is 464 g/mol. The number of carbonyl (C=O) groups excluding carboxylic acids is 3. The molecule has 3 N–H and O–H groups in total. The van der Waals surface area contributed by atoms with E-state index in [9.17, 15) is 14.4 Å². The van der Waals surface area contributed by atoms with Gasteiger partial charge in [-0.2, -0.15) is 0 Å². The molecule has 1 atom stereocenters. The topological polar surface area (TPSA) is 90.5 Å². The summed E-state index contributed by atoms with van der Waals surface area (Å²) in [7, 11) is 0. The van der Waals surface area contributed by atoms with E-state index in [0.29, 0.717) is 10.4 Å². The molecule has 3 rings (SSSR count). The van der Waals surface area contributed by atoms with E-state index in [-0.39, 0.29) is 12.3 Å². The molecular weight excluding hydrogens is 436 g/mol. The minimum atomic E-state index is -0.854. The predicted molar refractivity (Wildman–Crippen MR) is 131 cm³/mol. The molecule has 0 spiro atoms. The normalized spacial score (nSPS) is 11.3. The second-order valence-electron chi connectivity index (χ2n) is 7.36. The molecule has 0 fully saturated rings. The van der Waals surface area contributed by atoms with E-state index >= 15 is 0 Å². The third-order valence-electron chi connectivity index (χ3n) is 5.21. The Morgan fingerprint density at radius 2 is 1.55 bits per heavy atom. The Morgan fingerprint density at radius 3 is 2.15 bits per heavy atom. The number of hydrogen-bond donors (Lipinski definition) is 3. The summed E-state index contributed by atoms with van der Waals surface area (Å²) in [4.78, 5) is 40.6. The van der Waals surface area contributed by atoms with Gasteiger partial charge < -0.3 is 10.2 Å². The SMILES string of the molecule is CCN(CC)c1ccc(C(=O)NNC(=O)[C@H](Cc2ccccc2)NC(=O)c2cccs2)cc1. The van der Waals surface area contributed by atoms with Gasteiger partial charge in [0.05, 0.1) is 4.88 Å². The Labute approximate surface area is 197 Å². The maximum atomic E-state index is 12.9. The van der Waals surface area contributed by atoms with Crippen molar-refractivity contribution in [1.29, 1.82) is 0 Å². The molecule has 8 heteroatoms. The van der Waals surface area contributed by atoms with Crippen LogP contribution in [0, 0.1) is 0 Å². The van der Waals surface area contributed by atoms with E-state index in [1.807, 2.05) is 42.5 Å². The highest BCUT2D eigenvalue weighted by molar-refractivity contribution is 7.12. The van der Waals surface area contributed by atoms with Gasteiger partial charge in [0.25, 0.3) is 17.7 Å². The molecule has 0 saturated heterocycles. The molecule has 1 aromatic heterocycles. The summed E-state index contributed by atoms with van der Waals surface area (Å²) < 4.78 is 0. The highest BCUT2D eigenvalue weighted by atomic mass is 32.1. The van der Waals surface area contributed by atoms with Crippen molar-refractivity contribution >= 4 is 34.7 Å². The molecule has 0 aliphatic carbocycles. The lowest BCUT2D eigenvalue weighted by Crippen LogP contribution is -2.53. The first-order chi connectivity index (χ1) is 16.0. The number of hydrazine groups is 1. The maximum absolute atomic E-state index is 12.9. The van der Waals surface area contributed by atoms with E-state index in [2.05, 4.69) is 34.9 Å². The second-order valence-corrected chi connectivity index (χ2v) is 8.30. The lowest BCUT2D eigenvalue weighted by atomic mass is 10.1. The molecular formula is C25H28N4O3S. The number of anilines is 1. The molecule has 0 unspecified atom stereocenters. The van der Waals surface area contributed by atoms with Gasteiger partial charge in [0, 0.05) is 30.8 Å². The summed E-state index contributed by atoms with van der Waals surface area (Å²) in [6.07, 6.45) is 0.290. The fraction of sp³-hybridized carbons (Fsp3) is 0.240. The molecule has 172 valence electrons. The van der Waals surface area contributed by atoms with Crippen LogP contribution in [-0.4, -0.2) is 36.9 Å². The number of thiophene rings is 1. The molecule has 3 aromatic rings. The van der Waals surface area contributed by atoms with Crippen LogP contribution >= 0.6 is 11.3 Å². The van der Waals surface area contributed by atoms with Crippen LogP contribution in [0.25, 0.3) is 0 Å². The molecule has 3 amide bonds. The van der Waals surface area contributed by atoms with Gasteiger partial charge in [-0.05, 0) is 55.1 Å². The fourth-order valence-electron chi connectivity index (χ4n) is 3.39. The molecule has 0 aliphatic rings. The zero-order chi connectivity index (χ0) is 23.6. The average molecular weight is 465 g/mol. The Balaban J connectivity index is 1.64. The minimum absolute atomic E-state index is 0.290. The van der Waals surface area contributed by atoms with Crippen LogP contribution in [0.2, 0.25) is 0 Å². The first-order valence-electron chi connectivity index (χ1n) is 10.8. The van der Waals surface area contributed by atoms with E-state index in [4.69, 9.17) is 0 Å². The average Bonchev–Trinajstić information content (AvgIpc) is 3.39. The smallest absolute Gasteiger partial charge is 0.269 e. The number of nitrogens with zero attached hydrogens (tertiary/aromatic N) is 1. The van der Waals surface area contributed by atoms with Crippen molar-refractivity contribution in [1.82, 2.24) is 16.2 Å². The first-order valence-corrected chi connectivity index (χ1v) is 11.7. The summed E-state index contributed by atoms with van der Waals surface area (Å²) in [6.45, 7) is 5.89. The second kappa shape index (κ2) is 11.8. The van der Waals surface area contributed by atoms with Crippen LogP contribution in [0.15, 0.2) is 72.1 Å². The summed E-state index contributed by atoms with van der Waals surface area (Å²) in [6, 6.07) is 19.2. The fourth-order valence-corrected chi connectivity index (χ4v) is 4.01. The van der Waals surface area contributed by atoms with Gasteiger partial charge in [0.2, 0.25) is 0 Å². The number of hydrogen-bond acceptors (Lipinski definition) is 5. The molecule has 7 nitrogen and oxygen atoms in total. The molecule has 33 heavy (non-hydrogen) atoms. The standard InChI is InChI=1S/C25H28N4O3S/c1-3-29(4-2)20-14-12-19(13-15-20)23(30)27-28-24(31)21(17-18-9-6-5-7-10-18)26-25(32)22-11-8-16-33-22/h5-16,21H,3-4,17H2,1-2H3,(H,26,32)(H,27,30)(H,28,31)/t21-/m0/s1. The van der Waals surface area contributed by atoms with Crippen LogP contribution in [0.4, 0.5) is 5.69 Å². The van der Waals surface area contributed by atoms with Crippen molar-refractivity contribution in [3.8, 4) is 0 Å². The molecule has 1 heterocycles. The van der Waals surface area contributed by atoms with Crippen molar-refractivity contribution in [3.63, 3.8) is 0 Å². The number of carbonyl (C=O) groups is 3. The van der Waals surface area contributed by atoms with Crippen LogP contribution in [0.3, 0.4) is 0 Å². The Morgan fingerprint density at radius 1 is 0.848 bits per heavy atom. The number of rotatable bonds is 9. The van der Waals surface area contributed by atoms with Crippen LogP contribution in [-0.2, 0) is 11.2 Å². The van der Waals surface area contributed by atoms with E-state index < -0.39 is 17.9 Å². The summed E-state index contributed by atoms with van der Waals surface area (Å²) in [5, 5.41) is 4.57. The van der Waals surface area contributed by atoms with Crippen molar-refractivity contribution in [2.24, 2.45) is 0 Å². The highest BCUT2D eigenvalue weighted by Crippen LogP contribution is 2.15. The van der Waals surface area contributed by atoms with Crippen LogP contribution in [0.5, 0.6) is 0 Å². The third-order valence-corrected chi connectivity index (χ3v) is 6.08. The Kier molecular flexibility index (Phi) is 8.60. The van der Waals surface area contributed by atoms with Gasteiger partial charge in [-0.25, -0.2) is 0 Å². The lowest BCUT2D eigenvalue weighted by Gasteiger charge is -2.21. The predicted octanol–water partition coefficient (Wildman–Crippen LogP) is 3.40. The minimum Gasteiger partial charge on any atom is -0.372 e. The van der Waals surface area contributed by atoms with E-state index in [1.54, 1.807) is 29.6 Å². The molecule has 2 aromatic carbocycles. The molecule has 0 radical (unpaired) electrons. The number of benzene rings is 2. The summed E-state index contributed by atoms with van der Waals surface area (Å²) in [5.41, 5.74) is 7.24. The Bertz CT molecular complexity index is 1050. The Hall–Kier alpha value is -3.65. The van der Waals surface area contributed by atoms with Gasteiger partial charge >= 0.3 is 0 Å². The van der Waals surface area contributed by atoms with E-state index in [0.717, 1.165) is 24.3 Å². The van der Waals surface area contributed by atoms with Gasteiger partial charge in [-0.3, -0.25) is 25.2 Å². The largest absolute Gasteiger partial charge is 0.372 e. The highest BCUT2D eigenvalue weighted by Gasteiger charge is 2.23. The maximum Gasteiger partial charge on any atom is 0.269 e. The summed E-state index contributed by atoms with van der Waals surface area (Å²) in [5.74, 6) is -1.27. The van der Waals surface area contributed by atoms with E-state index in [1.165, 1.54) is 11.3 Å². The lowest BCUT2D eigenvalue weighted by molar-refractivity contribution is -0.123. The van der Waals surface area contributed by atoms with Gasteiger partial charge in [0.1, 0.15) is 6.04 Å². The van der Waals surface area contributed by atoms with Gasteiger partial charge in [-0.1, -0.05) is 36.4 Å². The zero-order valence-corrected chi connectivity index (χ0v) is 19.5. The molecule has 0 aliphatic heterocycles. The first kappa shape index (κ1) is 24.0. The third kappa shape index (κ3) is 6.66. The van der Waals surface area contributed by atoms with Crippen molar-refractivity contribution < 1.29 is 14.4 Å². The van der Waals surface area contributed by atoms with Crippen molar-refractivity contribution in [3.05, 3.63) is 88.1 Å². The number of amides is 3. The quantitative estimate of drug-likeness (QED) is 0.424. The zero-order valence-electron chi connectivity index (χ0n) is 18.7. The summed E-state index contributed by atoms with van der Waals surface area (Å²) >= 11 is 1.30. The van der Waals surface area contributed by atoms with Gasteiger partial charge in [0.15, 0.2) is 0 Å². The molecule has 0 bridgehead atoms. The van der Waals surface area contributed by atoms with Crippen LogP contribution in [0.1, 0.15) is 39.4 Å². The number of nitrogens with one attached hydrogen (secondary N) is 3. The van der Waals surface area contributed by atoms with Crippen molar-refractivity contribution in [2.75, 3.05) is 18.0 Å². The van der Waals surface area contributed by atoms with Gasteiger partial charge in [-0.15, -0.1) is 11.3 Å². The van der Waals surface area contributed by atoms with Crippen molar-refractivity contribution in [2.45, 2.75) is 26.3 Å².